The number of halogens is 3. The molecule has 0 bridgehead atoms. The predicted molar refractivity (Wildman–Crippen MR) is 135 cm³/mol. The van der Waals surface area contributed by atoms with Crippen molar-refractivity contribution in [3.63, 3.8) is 0 Å². The molecule has 3 heterocycles. The summed E-state index contributed by atoms with van der Waals surface area (Å²) in [5.74, 6) is -3.20. The summed E-state index contributed by atoms with van der Waals surface area (Å²) in [5, 5.41) is 0.552. The molecule has 0 N–H and O–H groups in total. The van der Waals surface area contributed by atoms with E-state index in [1.54, 1.807) is 36.4 Å². The van der Waals surface area contributed by atoms with Crippen molar-refractivity contribution < 1.29 is 18.8 Å². The summed E-state index contributed by atoms with van der Waals surface area (Å²) in [6.45, 7) is 0. The van der Waals surface area contributed by atoms with E-state index in [1.807, 2.05) is 23.1 Å². The van der Waals surface area contributed by atoms with Crippen LogP contribution in [0, 0.1) is 17.7 Å². The number of imide groups is 1. The van der Waals surface area contributed by atoms with Crippen molar-refractivity contribution in [2.75, 3.05) is 9.80 Å². The molecular weight excluding hydrogens is 535 g/mol. The second kappa shape index (κ2) is 8.14. The Hall–Kier alpha value is -3.29. The summed E-state index contributed by atoms with van der Waals surface area (Å²) in [5.41, 5.74) is 2.31. The Bertz CT molecular complexity index is 1420. The fourth-order valence-electron chi connectivity index (χ4n) is 5.47. The Morgan fingerprint density at radius 3 is 2.31 bits per heavy atom. The van der Waals surface area contributed by atoms with Gasteiger partial charge in [0.25, 0.3) is 0 Å². The molecule has 0 saturated carbocycles. The van der Waals surface area contributed by atoms with Gasteiger partial charge >= 0.3 is 0 Å². The number of Topliss-reactive ketones (excluding diaryl/α,β-unsaturated/α-hetero) is 1. The van der Waals surface area contributed by atoms with Gasteiger partial charge in [-0.15, -0.1) is 0 Å². The van der Waals surface area contributed by atoms with E-state index in [0.717, 1.165) is 20.6 Å². The minimum atomic E-state index is -0.891. The SMILES string of the molecule is O=C(c1ccc(Br)cc1)[C@@H]1[C@H]2C(=O)N(c3ccc(F)cc3)C(=O)[C@@H]2[C@H]2C=Cc3cc(Cl)ccc3N21. The van der Waals surface area contributed by atoms with Gasteiger partial charge in [0.1, 0.15) is 11.9 Å². The highest BCUT2D eigenvalue weighted by atomic mass is 79.9. The number of carbonyl (C=O) groups is 3. The number of carbonyl (C=O) groups excluding carboxylic acids is 3. The van der Waals surface area contributed by atoms with Crippen LogP contribution in [0.4, 0.5) is 15.8 Å². The molecule has 8 heteroatoms. The lowest BCUT2D eigenvalue weighted by Gasteiger charge is -2.36. The molecule has 2 fully saturated rings. The number of benzene rings is 3. The van der Waals surface area contributed by atoms with Gasteiger partial charge in [0.2, 0.25) is 11.8 Å². The van der Waals surface area contributed by atoms with Crippen molar-refractivity contribution in [1.82, 2.24) is 0 Å². The average molecular weight is 552 g/mol. The van der Waals surface area contributed by atoms with Gasteiger partial charge in [-0.25, -0.2) is 9.29 Å². The largest absolute Gasteiger partial charge is 0.352 e. The van der Waals surface area contributed by atoms with Crippen LogP contribution in [0.3, 0.4) is 0 Å². The molecular formula is C27H17BrClFN2O3. The van der Waals surface area contributed by atoms with E-state index in [9.17, 15) is 18.8 Å². The van der Waals surface area contributed by atoms with E-state index >= 15 is 0 Å². The van der Waals surface area contributed by atoms with Crippen LogP contribution in [0.2, 0.25) is 5.02 Å². The van der Waals surface area contributed by atoms with Gasteiger partial charge in [0.05, 0.1) is 23.6 Å². The monoisotopic (exact) mass is 550 g/mol. The number of anilines is 2. The molecule has 4 atom stereocenters. The lowest BCUT2D eigenvalue weighted by molar-refractivity contribution is -0.122. The topological polar surface area (TPSA) is 57.7 Å². The first-order valence-corrected chi connectivity index (χ1v) is 12.2. The molecule has 6 rings (SSSR count). The average Bonchev–Trinajstić information content (AvgIpc) is 3.32. The van der Waals surface area contributed by atoms with Crippen LogP contribution < -0.4 is 9.80 Å². The molecule has 0 aliphatic carbocycles. The van der Waals surface area contributed by atoms with Gasteiger partial charge in [-0.05, 0) is 60.2 Å². The van der Waals surface area contributed by atoms with Crippen molar-refractivity contribution in [2.45, 2.75) is 12.1 Å². The Morgan fingerprint density at radius 2 is 1.60 bits per heavy atom. The summed E-state index contributed by atoms with van der Waals surface area (Å²) in [4.78, 5) is 44.4. The van der Waals surface area contributed by atoms with Crippen LogP contribution in [-0.2, 0) is 9.59 Å². The van der Waals surface area contributed by atoms with Crippen LogP contribution in [0.25, 0.3) is 6.08 Å². The normalized spacial score (nSPS) is 24.4. The van der Waals surface area contributed by atoms with E-state index in [4.69, 9.17) is 11.6 Å². The third kappa shape index (κ3) is 3.37. The standard InChI is InChI=1S/C27H17BrClFN2O3/c28-16-4-1-14(2-5-16)25(33)24-23-22(21-11-3-15-13-17(29)6-12-20(15)32(21)24)26(34)31(27(23)35)19-9-7-18(30)8-10-19/h1-13,21-24H/t21-,22-,23+,24+/m1/s1. The zero-order chi connectivity index (χ0) is 24.4. The lowest BCUT2D eigenvalue weighted by Crippen LogP contribution is -2.48. The Balaban J connectivity index is 1.49. The first-order valence-electron chi connectivity index (χ1n) is 11.0. The maximum absolute atomic E-state index is 13.9. The molecule has 5 nitrogen and oxygen atoms in total. The number of amides is 2. The maximum atomic E-state index is 13.9. The Kier molecular flexibility index (Phi) is 5.16. The third-order valence-electron chi connectivity index (χ3n) is 6.95. The molecule has 35 heavy (non-hydrogen) atoms. The molecule has 3 aliphatic rings. The summed E-state index contributed by atoms with van der Waals surface area (Å²) in [6.07, 6.45) is 3.74. The first kappa shape index (κ1) is 22.2. The first-order chi connectivity index (χ1) is 16.8. The highest BCUT2D eigenvalue weighted by Crippen LogP contribution is 2.50. The minimum Gasteiger partial charge on any atom is -0.352 e. The van der Waals surface area contributed by atoms with Gasteiger partial charge in [-0.1, -0.05) is 51.8 Å². The van der Waals surface area contributed by atoms with Crippen LogP contribution in [0.15, 0.2) is 77.3 Å². The van der Waals surface area contributed by atoms with Crippen molar-refractivity contribution in [3.05, 3.63) is 99.2 Å². The summed E-state index contributed by atoms with van der Waals surface area (Å²) < 4.78 is 14.3. The molecule has 0 spiro atoms. The van der Waals surface area contributed by atoms with Crippen LogP contribution in [0.5, 0.6) is 0 Å². The van der Waals surface area contributed by atoms with Crippen LogP contribution in [0.1, 0.15) is 15.9 Å². The molecule has 0 unspecified atom stereocenters. The molecule has 0 aromatic heterocycles. The molecule has 174 valence electrons. The van der Waals surface area contributed by atoms with Crippen LogP contribution in [-0.4, -0.2) is 29.7 Å². The molecule has 3 aromatic carbocycles. The van der Waals surface area contributed by atoms with Crippen molar-refractivity contribution in [2.24, 2.45) is 11.8 Å². The number of ketones is 1. The molecule has 2 amide bonds. The van der Waals surface area contributed by atoms with Gasteiger partial charge in [0.15, 0.2) is 5.78 Å². The van der Waals surface area contributed by atoms with Crippen molar-refractivity contribution in [3.8, 4) is 0 Å². The Morgan fingerprint density at radius 1 is 0.914 bits per heavy atom. The van der Waals surface area contributed by atoms with E-state index < -0.39 is 41.6 Å². The summed E-state index contributed by atoms with van der Waals surface area (Å²) >= 11 is 9.59. The number of hydrogen-bond acceptors (Lipinski definition) is 4. The number of hydrogen-bond donors (Lipinski definition) is 0. The zero-order valence-corrected chi connectivity index (χ0v) is 20.4. The van der Waals surface area contributed by atoms with Gasteiger partial charge < -0.3 is 4.90 Å². The van der Waals surface area contributed by atoms with Crippen molar-refractivity contribution in [1.29, 1.82) is 0 Å². The molecule has 3 aromatic rings. The second-order valence-corrected chi connectivity index (χ2v) is 10.2. The predicted octanol–water partition coefficient (Wildman–Crippen LogP) is 5.51. The fourth-order valence-corrected chi connectivity index (χ4v) is 5.92. The van der Waals surface area contributed by atoms with Crippen molar-refractivity contribution >= 4 is 62.6 Å². The van der Waals surface area contributed by atoms with E-state index in [0.29, 0.717) is 16.3 Å². The minimum absolute atomic E-state index is 0.242. The summed E-state index contributed by atoms with van der Waals surface area (Å²) in [7, 11) is 0. The second-order valence-electron chi connectivity index (χ2n) is 8.82. The smallest absolute Gasteiger partial charge is 0.240 e. The van der Waals surface area contributed by atoms with Gasteiger partial charge in [-0.3, -0.25) is 14.4 Å². The van der Waals surface area contributed by atoms with Gasteiger partial charge in [-0.2, -0.15) is 0 Å². The maximum Gasteiger partial charge on any atom is 0.240 e. The number of nitrogens with zero attached hydrogens (tertiary/aromatic N) is 2. The third-order valence-corrected chi connectivity index (χ3v) is 7.71. The van der Waals surface area contributed by atoms with Gasteiger partial charge in [0, 0.05) is 20.7 Å². The number of rotatable bonds is 3. The quantitative estimate of drug-likeness (QED) is 0.318. The lowest BCUT2D eigenvalue weighted by atomic mass is 9.86. The summed E-state index contributed by atoms with van der Waals surface area (Å²) in [6, 6.07) is 16.2. The number of fused-ring (bicyclic) bond motifs is 5. The Labute approximate surface area is 213 Å². The highest BCUT2D eigenvalue weighted by molar-refractivity contribution is 9.10. The zero-order valence-electron chi connectivity index (χ0n) is 18.1. The molecule has 3 aliphatic heterocycles. The van der Waals surface area contributed by atoms with E-state index in [1.165, 1.54) is 24.3 Å². The fraction of sp³-hybridized carbons (Fsp3) is 0.148. The highest BCUT2D eigenvalue weighted by Gasteiger charge is 2.64. The van der Waals surface area contributed by atoms with Crippen LogP contribution >= 0.6 is 27.5 Å². The van der Waals surface area contributed by atoms with E-state index in [-0.39, 0.29) is 5.78 Å². The molecule has 0 radical (unpaired) electrons. The van der Waals surface area contributed by atoms with E-state index in [2.05, 4.69) is 15.9 Å². The molecule has 2 saturated heterocycles.